The second kappa shape index (κ2) is 6.46. The first-order chi connectivity index (χ1) is 9.82. The van der Waals surface area contributed by atoms with Crippen molar-refractivity contribution in [2.24, 2.45) is 0 Å². The third kappa shape index (κ3) is 3.84. The van der Waals surface area contributed by atoms with Crippen LogP contribution in [-0.2, 0) is 13.8 Å². The van der Waals surface area contributed by atoms with Gasteiger partial charge in [0.2, 0.25) is 5.82 Å². The molecule has 0 N–H and O–H groups in total. The largest absolute Gasteiger partial charge is 0.487 e. The fourth-order valence-corrected chi connectivity index (χ4v) is 3.29. The lowest BCUT2D eigenvalue weighted by atomic mass is 9.95. The van der Waals surface area contributed by atoms with Gasteiger partial charge in [-0.05, 0) is 31.4 Å². The Bertz CT molecular complexity index is 621. The van der Waals surface area contributed by atoms with Crippen LogP contribution in [0.15, 0.2) is 17.0 Å². The summed E-state index contributed by atoms with van der Waals surface area (Å²) in [6, 6.07) is 1.97. The lowest BCUT2D eigenvalue weighted by Crippen LogP contribution is -2.29. The predicted octanol–water partition coefficient (Wildman–Crippen LogP) is 3.23. The Morgan fingerprint density at radius 2 is 1.86 bits per heavy atom. The van der Waals surface area contributed by atoms with Crippen LogP contribution in [0.2, 0.25) is 0 Å². The van der Waals surface area contributed by atoms with Gasteiger partial charge in [0.05, 0.1) is 6.10 Å². The lowest BCUT2D eigenvalue weighted by molar-refractivity contribution is 0.0195. The fourth-order valence-electron chi connectivity index (χ4n) is 2.40. The molecule has 2 rings (SSSR count). The van der Waals surface area contributed by atoms with Crippen LogP contribution in [-0.4, -0.2) is 27.7 Å². The first-order valence-electron chi connectivity index (χ1n) is 6.45. The van der Waals surface area contributed by atoms with Gasteiger partial charge in [-0.3, -0.25) is 0 Å². The van der Waals surface area contributed by atoms with Gasteiger partial charge >= 0.3 is 0 Å². The average molecular weight is 341 g/mol. The third-order valence-corrected chi connectivity index (χ3v) is 4.82. The molecule has 0 saturated heterocycles. The van der Waals surface area contributed by atoms with Crippen molar-refractivity contribution < 1.29 is 26.7 Å². The molecule has 0 aromatic heterocycles. The molecule has 0 spiro atoms. The maximum Gasteiger partial charge on any atom is 0.264 e. The van der Waals surface area contributed by atoms with Crippen LogP contribution in [0.5, 0.6) is 5.75 Å². The van der Waals surface area contributed by atoms with Crippen molar-refractivity contribution in [2.45, 2.75) is 42.8 Å². The quantitative estimate of drug-likeness (QED) is 0.790. The zero-order valence-electron chi connectivity index (χ0n) is 11.3. The van der Waals surface area contributed by atoms with Gasteiger partial charge in [0.15, 0.2) is 11.6 Å². The van der Waals surface area contributed by atoms with Gasteiger partial charge in [-0.2, -0.15) is 4.39 Å². The zero-order chi connectivity index (χ0) is 15.6. The number of rotatable bonds is 4. The molecule has 0 amide bonds. The minimum absolute atomic E-state index is 0.0270. The molecule has 1 fully saturated rings. The number of benzene rings is 1. The van der Waals surface area contributed by atoms with Crippen molar-refractivity contribution in [3.05, 3.63) is 23.8 Å². The SMILES string of the molecule is COC1CCCC(Oc2ccc(S(=O)(=O)Cl)c(F)c2F)C1. The van der Waals surface area contributed by atoms with Crippen LogP contribution in [0, 0.1) is 11.6 Å². The molecule has 1 saturated carbocycles. The lowest BCUT2D eigenvalue weighted by Gasteiger charge is -2.28. The number of hydrogen-bond acceptors (Lipinski definition) is 4. The molecule has 1 aliphatic carbocycles. The minimum Gasteiger partial charge on any atom is -0.487 e. The van der Waals surface area contributed by atoms with E-state index >= 15 is 0 Å². The van der Waals surface area contributed by atoms with Gasteiger partial charge in [-0.15, -0.1) is 0 Å². The summed E-state index contributed by atoms with van der Waals surface area (Å²) in [5.41, 5.74) is 0. The van der Waals surface area contributed by atoms with E-state index < -0.39 is 25.6 Å². The summed E-state index contributed by atoms with van der Waals surface area (Å²) in [6.07, 6.45) is 2.77. The summed E-state index contributed by atoms with van der Waals surface area (Å²) < 4.78 is 60.4. The molecule has 2 unspecified atom stereocenters. The number of hydrogen-bond donors (Lipinski definition) is 0. The summed E-state index contributed by atoms with van der Waals surface area (Å²) in [5.74, 6) is -3.20. The highest BCUT2D eigenvalue weighted by atomic mass is 35.7. The smallest absolute Gasteiger partial charge is 0.264 e. The highest BCUT2D eigenvalue weighted by molar-refractivity contribution is 8.13. The van der Waals surface area contributed by atoms with E-state index in [1.165, 1.54) is 0 Å². The van der Waals surface area contributed by atoms with Crippen LogP contribution in [0.1, 0.15) is 25.7 Å². The van der Waals surface area contributed by atoms with E-state index in [9.17, 15) is 17.2 Å². The van der Waals surface area contributed by atoms with Crippen molar-refractivity contribution in [2.75, 3.05) is 7.11 Å². The molecule has 118 valence electrons. The molecular formula is C13H15ClF2O4S. The molecule has 1 aromatic carbocycles. The van der Waals surface area contributed by atoms with Gasteiger partial charge in [0.1, 0.15) is 11.0 Å². The first kappa shape index (κ1) is 16.5. The van der Waals surface area contributed by atoms with E-state index in [1.54, 1.807) is 7.11 Å². The van der Waals surface area contributed by atoms with Gasteiger partial charge in [0, 0.05) is 24.2 Å². The maximum atomic E-state index is 13.9. The van der Waals surface area contributed by atoms with Gasteiger partial charge in [0.25, 0.3) is 9.05 Å². The summed E-state index contributed by atoms with van der Waals surface area (Å²) in [6.45, 7) is 0. The third-order valence-electron chi connectivity index (χ3n) is 3.48. The molecule has 1 aliphatic rings. The van der Waals surface area contributed by atoms with Crippen LogP contribution < -0.4 is 4.74 Å². The van der Waals surface area contributed by atoms with Crippen molar-refractivity contribution in [3.63, 3.8) is 0 Å². The molecule has 2 atom stereocenters. The molecule has 8 heteroatoms. The van der Waals surface area contributed by atoms with Crippen LogP contribution in [0.25, 0.3) is 0 Å². The predicted molar refractivity (Wildman–Crippen MR) is 73.1 cm³/mol. The summed E-state index contributed by atoms with van der Waals surface area (Å²) in [5, 5.41) is 0. The molecule has 0 aliphatic heterocycles. The first-order valence-corrected chi connectivity index (χ1v) is 8.76. The molecule has 21 heavy (non-hydrogen) atoms. The molecule has 0 bridgehead atoms. The highest BCUT2D eigenvalue weighted by Crippen LogP contribution is 2.31. The van der Waals surface area contributed by atoms with E-state index in [-0.39, 0.29) is 18.0 Å². The van der Waals surface area contributed by atoms with Crippen LogP contribution in [0.4, 0.5) is 8.78 Å². The Balaban J connectivity index is 2.20. The van der Waals surface area contributed by atoms with Gasteiger partial charge in [-0.25, -0.2) is 12.8 Å². The van der Waals surface area contributed by atoms with E-state index in [4.69, 9.17) is 20.2 Å². The van der Waals surface area contributed by atoms with Crippen molar-refractivity contribution in [1.29, 1.82) is 0 Å². The number of ether oxygens (including phenoxy) is 2. The van der Waals surface area contributed by atoms with E-state index in [2.05, 4.69) is 0 Å². The van der Waals surface area contributed by atoms with Crippen molar-refractivity contribution >= 4 is 19.7 Å². The van der Waals surface area contributed by atoms with E-state index in [0.29, 0.717) is 12.8 Å². The fraction of sp³-hybridized carbons (Fsp3) is 0.538. The molecule has 4 nitrogen and oxygen atoms in total. The zero-order valence-corrected chi connectivity index (χ0v) is 12.9. The Hall–Kier alpha value is -0.920. The molecular weight excluding hydrogens is 326 g/mol. The Morgan fingerprint density at radius 1 is 1.19 bits per heavy atom. The molecule has 1 aromatic rings. The normalized spacial score (nSPS) is 23.0. The monoisotopic (exact) mass is 340 g/mol. The highest BCUT2D eigenvalue weighted by Gasteiger charge is 2.27. The molecule has 0 heterocycles. The van der Waals surface area contributed by atoms with Crippen molar-refractivity contribution in [1.82, 2.24) is 0 Å². The standard InChI is InChI=1S/C13H15ClF2O4S/c1-19-8-3-2-4-9(7-8)20-10-5-6-11(21(14,17)18)13(16)12(10)15/h5-6,8-9H,2-4,7H2,1H3. The second-order valence-electron chi connectivity index (χ2n) is 4.89. The summed E-state index contributed by atoms with van der Waals surface area (Å²) in [7, 11) is 2.28. The topological polar surface area (TPSA) is 52.6 Å². The Kier molecular flexibility index (Phi) is 5.06. The van der Waals surface area contributed by atoms with Crippen molar-refractivity contribution in [3.8, 4) is 5.75 Å². The van der Waals surface area contributed by atoms with Crippen LogP contribution >= 0.6 is 10.7 Å². The summed E-state index contributed by atoms with van der Waals surface area (Å²) in [4.78, 5) is -0.896. The van der Waals surface area contributed by atoms with Crippen LogP contribution in [0.3, 0.4) is 0 Å². The second-order valence-corrected chi connectivity index (χ2v) is 7.43. The molecule has 0 radical (unpaired) electrons. The minimum atomic E-state index is -4.34. The Morgan fingerprint density at radius 3 is 2.48 bits per heavy atom. The number of halogens is 3. The number of methoxy groups -OCH3 is 1. The van der Waals surface area contributed by atoms with E-state index in [0.717, 1.165) is 25.0 Å². The Labute approximate surface area is 126 Å². The maximum absolute atomic E-state index is 13.9. The summed E-state index contributed by atoms with van der Waals surface area (Å²) >= 11 is 0. The van der Waals surface area contributed by atoms with Gasteiger partial charge < -0.3 is 9.47 Å². The van der Waals surface area contributed by atoms with E-state index in [1.807, 2.05) is 0 Å². The van der Waals surface area contributed by atoms with Gasteiger partial charge in [-0.1, -0.05) is 0 Å². The average Bonchev–Trinajstić information content (AvgIpc) is 2.43.